The first kappa shape index (κ1) is 15.0. The van der Waals surface area contributed by atoms with Crippen LogP contribution >= 0.6 is 0 Å². The topological polar surface area (TPSA) is 72.4 Å². The van der Waals surface area contributed by atoms with Crippen molar-refractivity contribution in [2.24, 2.45) is 17.8 Å². The zero-order valence-electron chi connectivity index (χ0n) is 13.0. The van der Waals surface area contributed by atoms with Crippen molar-refractivity contribution in [2.75, 3.05) is 13.1 Å². The van der Waals surface area contributed by atoms with E-state index < -0.39 is 12.2 Å². The fourth-order valence-corrected chi connectivity index (χ4v) is 3.89. The average Bonchev–Trinajstić information content (AvgIpc) is 2.96. The molecule has 1 aromatic rings. The summed E-state index contributed by atoms with van der Waals surface area (Å²) in [7, 11) is 0. The molecule has 2 aliphatic rings. The van der Waals surface area contributed by atoms with Crippen LogP contribution in [0.2, 0.25) is 0 Å². The molecule has 4 atom stereocenters. The van der Waals surface area contributed by atoms with E-state index in [-0.39, 0.29) is 0 Å². The zero-order chi connectivity index (χ0) is 15.0. The summed E-state index contributed by atoms with van der Waals surface area (Å²) < 4.78 is 0. The maximum Gasteiger partial charge on any atom is 0.0802 e. The molecule has 5 heteroatoms. The van der Waals surface area contributed by atoms with Crippen molar-refractivity contribution in [3.8, 4) is 0 Å². The van der Waals surface area contributed by atoms with Crippen LogP contribution in [0.5, 0.6) is 0 Å². The van der Waals surface area contributed by atoms with Crippen LogP contribution in [-0.4, -0.2) is 50.6 Å². The SMILES string of the molecule is CC(C)Cc1cc(CN2C[C@H]3C[C@H](O)[C@H](O)C[C@H]3C2)[nH]n1. The summed E-state index contributed by atoms with van der Waals surface area (Å²) in [6.07, 6.45) is 1.43. The van der Waals surface area contributed by atoms with Crippen molar-refractivity contribution in [2.45, 2.75) is 51.9 Å². The summed E-state index contributed by atoms with van der Waals surface area (Å²) in [4.78, 5) is 2.42. The highest BCUT2D eigenvalue weighted by molar-refractivity contribution is 5.09. The van der Waals surface area contributed by atoms with Gasteiger partial charge in [-0.3, -0.25) is 10.00 Å². The molecule has 0 spiro atoms. The van der Waals surface area contributed by atoms with Crippen molar-refractivity contribution >= 4 is 0 Å². The highest BCUT2D eigenvalue weighted by Gasteiger charge is 2.40. The molecule has 2 heterocycles. The average molecular weight is 293 g/mol. The molecule has 1 aliphatic carbocycles. The number of aromatic amines is 1. The lowest BCUT2D eigenvalue weighted by Crippen LogP contribution is -2.38. The number of aromatic nitrogens is 2. The summed E-state index contributed by atoms with van der Waals surface area (Å²) in [6, 6.07) is 2.17. The van der Waals surface area contributed by atoms with Crippen LogP contribution in [0.15, 0.2) is 6.07 Å². The molecule has 1 saturated carbocycles. The molecule has 1 aromatic heterocycles. The molecular weight excluding hydrogens is 266 g/mol. The van der Waals surface area contributed by atoms with Gasteiger partial charge in [-0.1, -0.05) is 13.8 Å². The fourth-order valence-electron chi connectivity index (χ4n) is 3.89. The molecule has 5 nitrogen and oxygen atoms in total. The van der Waals surface area contributed by atoms with Gasteiger partial charge in [0.2, 0.25) is 0 Å². The molecular formula is C16H27N3O2. The van der Waals surface area contributed by atoms with Crippen LogP contribution in [0, 0.1) is 17.8 Å². The molecule has 0 radical (unpaired) electrons. The molecule has 3 rings (SSSR count). The minimum atomic E-state index is -0.531. The predicted octanol–water partition coefficient (Wildman–Crippen LogP) is 1.17. The highest BCUT2D eigenvalue weighted by atomic mass is 16.3. The summed E-state index contributed by atoms with van der Waals surface area (Å²) in [5.41, 5.74) is 2.31. The number of hydrogen-bond acceptors (Lipinski definition) is 4. The second-order valence-electron chi connectivity index (χ2n) is 7.30. The molecule has 118 valence electrons. The third-order valence-corrected chi connectivity index (χ3v) is 4.88. The van der Waals surface area contributed by atoms with Gasteiger partial charge in [-0.2, -0.15) is 5.10 Å². The molecule has 1 saturated heterocycles. The highest BCUT2D eigenvalue weighted by Crippen LogP contribution is 2.36. The van der Waals surface area contributed by atoms with E-state index in [9.17, 15) is 10.2 Å². The fraction of sp³-hybridized carbons (Fsp3) is 0.812. The van der Waals surface area contributed by atoms with E-state index in [1.165, 1.54) is 5.69 Å². The number of fused-ring (bicyclic) bond motifs is 1. The van der Waals surface area contributed by atoms with Gasteiger partial charge >= 0.3 is 0 Å². The normalized spacial score (nSPS) is 33.6. The monoisotopic (exact) mass is 293 g/mol. The Morgan fingerprint density at radius 3 is 2.43 bits per heavy atom. The van der Waals surface area contributed by atoms with Gasteiger partial charge < -0.3 is 10.2 Å². The van der Waals surface area contributed by atoms with E-state index in [0.29, 0.717) is 17.8 Å². The first-order valence-corrected chi connectivity index (χ1v) is 8.13. The maximum atomic E-state index is 9.80. The lowest BCUT2D eigenvalue weighted by atomic mass is 9.79. The van der Waals surface area contributed by atoms with Crippen LogP contribution < -0.4 is 0 Å². The number of aliphatic hydroxyl groups excluding tert-OH is 2. The Morgan fingerprint density at radius 1 is 1.24 bits per heavy atom. The quantitative estimate of drug-likeness (QED) is 0.779. The molecule has 2 fully saturated rings. The molecule has 0 bridgehead atoms. The van der Waals surface area contributed by atoms with Gasteiger partial charge in [0.1, 0.15) is 0 Å². The van der Waals surface area contributed by atoms with E-state index >= 15 is 0 Å². The van der Waals surface area contributed by atoms with Crippen molar-refractivity contribution in [1.29, 1.82) is 0 Å². The van der Waals surface area contributed by atoms with E-state index in [1.807, 2.05) is 0 Å². The molecule has 0 unspecified atom stereocenters. The van der Waals surface area contributed by atoms with Crippen LogP contribution in [0.4, 0.5) is 0 Å². The largest absolute Gasteiger partial charge is 0.390 e. The lowest BCUT2D eigenvalue weighted by molar-refractivity contribution is -0.0372. The number of rotatable bonds is 4. The predicted molar refractivity (Wildman–Crippen MR) is 80.6 cm³/mol. The van der Waals surface area contributed by atoms with E-state index in [4.69, 9.17) is 0 Å². The van der Waals surface area contributed by atoms with E-state index in [1.54, 1.807) is 0 Å². The third-order valence-electron chi connectivity index (χ3n) is 4.88. The van der Waals surface area contributed by atoms with Crippen LogP contribution in [0.3, 0.4) is 0 Å². The second kappa shape index (κ2) is 6.07. The van der Waals surface area contributed by atoms with Crippen LogP contribution in [0.25, 0.3) is 0 Å². The smallest absolute Gasteiger partial charge is 0.0802 e. The van der Waals surface area contributed by atoms with Gasteiger partial charge in [-0.25, -0.2) is 0 Å². The maximum absolute atomic E-state index is 9.80. The molecule has 0 aromatic carbocycles. The lowest BCUT2D eigenvalue weighted by Gasteiger charge is -2.32. The second-order valence-corrected chi connectivity index (χ2v) is 7.30. The molecule has 21 heavy (non-hydrogen) atoms. The minimum Gasteiger partial charge on any atom is -0.390 e. The number of likely N-dealkylation sites (tertiary alicyclic amines) is 1. The summed E-state index contributed by atoms with van der Waals surface area (Å²) in [5, 5.41) is 27.1. The number of nitrogens with zero attached hydrogens (tertiary/aromatic N) is 2. The van der Waals surface area contributed by atoms with Gasteiger partial charge in [0, 0.05) is 25.3 Å². The van der Waals surface area contributed by atoms with Crippen molar-refractivity contribution in [3.05, 3.63) is 17.5 Å². The van der Waals surface area contributed by atoms with E-state index in [0.717, 1.165) is 44.6 Å². The van der Waals surface area contributed by atoms with Gasteiger partial charge in [-0.15, -0.1) is 0 Å². The Hall–Kier alpha value is -0.910. The molecule has 0 amide bonds. The van der Waals surface area contributed by atoms with Gasteiger partial charge in [0.25, 0.3) is 0 Å². The zero-order valence-corrected chi connectivity index (χ0v) is 13.0. The Labute approximate surface area is 126 Å². The molecule has 1 aliphatic heterocycles. The summed E-state index contributed by atoms with van der Waals surface area (Å²) >= 11 is 0. The Balaban J connectivity index is 1.56. The van der Waals surface area contributed by atoms with E-state index in [2.05, 4.69) is 35.0 Å². The Kier molecular flexibility index (Phi) is 4.33. The van der Waals surface area contributed by atoms with Crippen molar-refractivity contribution in [3.63, 3.8) is 0 Å². The number of aliphatic hydroxyl groups is 2. The summed E-state index contributed by atoms with van der Waals surface area (Å²) in [6.45, 7) is 7.34. The molecule has 3 N–H and O–H groups in total. The Morgan fingerprint density at radius 2 is 1.86 bits per heavy atom. The van der Waals surface area contributed by atoms with Crippen molar-refractivity contribution < 1.29 is 10.2 Å². The third kappa shape index (κ3) is 3.47. The number of nitrogens with one attached hydrogen (secondary N) is 1. The first-order valence-electron chi connectivity index (χ1n) is 8.13. The van der Waals surface area contributed by atoms with Gasteiger partial charge in [-0.05, 0) is 43.1 Å². The summed E-state index contributed by atoms with van der Waals surface area (Å²) in [5.74, 6) is 1.68. The Bertz CT molecular complexity index is 456. The standard InChI is InChI=1S/C16H27N3O2/c1-10(2)3-13-6-14(18-17-13)9-19-7-11-4-15(20)16(21)5-12(11)8-19/h6,10-12,15-16,20-21H,3-5,7-9H2,1-2H3,(H,17,18)/t11-,12+,15+,16-. The van der Waals surface area contributed by atoms with Crippen LogP contribution in [-0.2, 0) is 13.0 Å². The van der Waals surface area contributed by atoms with Crippen LogP contribution in [0.1, 0.15) is 38.1 Å². The number of H-pyrrole nitrogens is 1. The first-order chi connectivity index (χ1) is 10.0. The number of hydrogen-bond donors (Lipinski definition) is 3. The van der Waals surface area contributed by atoms with Crippen molar-refractivity contribution in [1.82, 2.24) is 15.1 Å². The van der Waals surface area contributed by atoms with Gasteiger partial charge in [0.05, 0.1) is 17.9 Å². The van der Waals surface area contributed by atoms with Gasteiger partial charge in [0.15, 0.2) is 0 Å². The minimum absolute atomic E-state index is 0.529.